The summed E-state index contributed by atoms with van der Waals surface area (Å²) in [7, 11) is 3.23. The fourth-order valence-electron chi connectivity index (χ4n) is 15.2. The van der Waals surface area contributed by atoms with E-state index in [4.69, 9.17) is 21.2 Å². The smallest absolute Gasteiger partial charge is 0.453 e. The number of nitrogens with zero attached hydrogens (tertiary/aromatic N) is 41. The normalized spacial score (nSPS) is 14.7. The first kappa shape index (κ1) is 106. The van der Waals surface area contributed by atoms with Crippen LogP contribution in [0.1, 0.15) is 218 Å². The van der Waals surface area contributed by atoms with Gasteiger partial charge in [0, 0.05) is 121 Å². The number of hydrazone groups is 2. The second-order valence-corrected chi connectivity index (χ2v) is 35.7. The lowest BCUT2D eigenvalue weighted by Crippen LogP contribution is -2.19. The first-order chi connectivity index (χ1) is 71.5. The summed E-state index contributed by atoms with van der Waals surface area (Å²) >= 11 is 6.16. The molecule has 0 bridgehead atoms. The monoisotopic (exact) mass is 2050 g/mol. The Morgan fingerprint density at radius 1 is 0.430 bits per heavy atom. The quantitative estimate of drug-likeness (QED) is 0.0827. The molecule has 11 aliphatic rings. The first-order valence-electron chi connectivity index (χ1n) is 47.6. The molecule has 0 aliphatic carbocycles. The molecule has 149 heavy (non-hydrogen) atoms. The number of carbonyl (C=O) groups excluding carboxylic acids is 3. The third kappa shape index (κ3) is 26.4. The average molecular weight is 2050 g/mol. The molecular weight excluding hydrogens is 1940 g/mol. The summed E-state index contributed by atoms with van der Waals surface area (Å²) < 4.78 is 58.0. The lowest BCUT2D eigenvalue weighted by atomic mass is 10.1. The molecule has 0 spiro atoms. The predicted octanol–water partition coefficient (Wildman–Crippen LogP) is 11.4. The van der Waals surface area contributed by atoms with Crippen LogP contribution in [-0.4, -0.2) is 259 Å². The molecular formula is C97H110ClF3N42O6. The van der Waals surface area contributed by atoms with Gasteiger partial charge in [-0.1, -0.05) is 136 Å². The maximum atomic E-state index is 12.2. The van der Waals surface area contributed by atoms with Crippen LogP contribution in [0.5, 0.6) is 0 Å². The number of pyridine rings is 1. The van der Waals surface area contributed by atoms with Gasteiger partial charge in [0.2, 0.25) is 17.6 Å². The van der Waals surface area contributed by atoms with Gasteiger partial charge < -0.3 is 9.47 Å². The number of benzene rings is 4. The van der Waals surface area contributed by atoms with Crippen LogP contribution in [0.4, 0.5) is 18.9 Å². The molecule has 0 radical (unpaired) electrons. The van der Waals surface area contributed by atoms with Crippen molar-refractivity contribution in [3.05, 3.63) is 248 Å². The van der Waals surface area contributed by atoms with Crippen molar-refractivity contribution in [1.82, 2.24) is 149 Å². The molecule has 25 rings (SSSR count). The van der Waals surface area contributed by atoms with Crippen molar-refractivity contribution in [2.24, 2.45) is 56.1 Å². The van der Waals surface area contributed by atoms with Gasteiger partial charge >= 0.3 is 12.1 Å². The van der Waals surface area contributed by atoms with E-state index in [0.29, 0.717) is 67.0 Å². The molecule has 10 aromatic heterocycles. The molecule has 0 saturated heterocycles. The number of aromatic nitrogens is 28. The van der Waals surface area contributed by atoms with E-state index < -0.39 is 18.0 Å². The van der Waals surface area contributed by atoms with Crippen molar-refractivity contribution in [2.45, 2.75) is 206 Å². The molecule has 14 aromatic rings. The number of rotatable bonds is 13. The zero-order valence-corrected chi connectivity index (χ0v) is 86.3. The molecule has 48 nitrogen and oxygen atoms in total. The second kappa shape index (κ2) is 47.8. The number of para-hydroxylation sites is 1. The van der Waals surface area contributed by atoms with Gasteiger partial charge in [-0.25, -0.2) is 44.0 Å². The molecule has 1 N–H and O–H groups in total. The highest BCUT2D eigenvalue weighted by Crippen LogP contribution is 2.32. The number of nitrogens with one attached hydrogen (secondary N) is 1. The standard InChI is InChI=1S/C13H13ClN4.C12H12N4.C11H10N4.C11H12N2O2.C10H9N5.C8H12N4.C7H11N5O.C7H10N2O3.C6H5F3N4.2C6H8N4/c1-8(2)13-15-12-7-11(16-18(12)17-13)9-5-3-4-6-10(9)14;1-8-4-3-5-10(6-8)12-14-13-11-7-9(2)15-16(11)12;1-8-12-13-11-7-10(14-15(8)11)9-5-3-2-4-6-9;1-2-15-10-8-11(14)13(12-10)9-6-4-3-5-7-9;1-7-6-9-12-13-10(15(9)14-7)8-4-2-3-5-11-8;1-5(2)8-9-7-4-6(3)10-12(7)11-8;1-5-9-10-7-3-6(4-13-8-2)11-12(5)7;1-3-12-7(11)5-4-6(10)9(2)8-5;1-3-2-4-10-11-5(6(7,8)9)13(4)12-3;2*1-4-3-6-8-7-5(2)10(6)9-4/h3-6,8H,7H2,1-2H3;3-6H,7H2,1-2H3;2-6H,7H2,1H3;3-7H,2,8H2,1H3;2-5H,6H2,1H3;5H,4H2,1-3H3;8H,3-4H2,1-2H3;3-4H2,1-2H3;2H2,1H3;2*3H2,1-2H3. The highest BCUT2D eigenvalue weighted by atomic mass is 35.5. The lowest BCUT2D eigenvalue weighted by molar-refractivity contribution is -0.147. The number of alkyl halides is 3. The number of aryl methyl sites for hydroxylation is 5. The highest BCUT2D eigenvalue weighted by Gasteiger charge is 2.40. The Kier molecular flexibility index (Phi) is 34.1. The third-order valence-electron chi connectivity index (χ3n) is 22.4. The number of carbonyl (C=O) groups is 3. The molecule has 21 heterocycles. The summed E-state index contributed by atoms with van der Waals surface area (Å²) in [6.07, 6.45) is 4.19. The molecule has 52 heteroatoms. The largest absolute Gasteiger partial charge is 0.480 e. The SMILES string of the molecule is CC(C)c1nc2n(n1)N=C(c1ccccc1Cl)C2.CC1=Nn2c(C)nnc2C1.CC1=Nn2c(C)nnc2C1.CC1=Nn2c(nnc2-c2cccc(C)c2)C1.CC1=Nn2c(nnc2-c2ccccn2)C1.CC1=Nn2c(nnc2C(F)(F)F)C1.CC1=Nn2nc(C(C)C)nc2C1.CCOC(=O)C1=NN(C)C(=O)C1.CCOC1=NN(c2ccccc2)C(=O)C1.CNOCC1=Nn2c(C)nnc2C1.Cc1nnc2n1N=C(c1ccccc1)C2. The molecule has 772 valence electrons. The van der Waals surface area contributed by atoms with E-state index in [1.165, 1.54) is 17.6 Å². The third-order valence-corrected chi connectivity index (χ3v) is 22.7. The maximum Gasteiger partial charge on any atom is 0.453 e. The van der Waals surface area contributed by atoms with Gasteiger partial charge in [-0.2, -0.15) is 83.2 Å². The van der Waals surface area contributed by atoms with Crippen LogP contribution in [0, 0.1) is 34.6 Å². The Morgan fingerprint density at radius 3 is 1.40 bits per heavy atom. The minimum Gasteiger partial charge on any atom is -0.480 e. The second-order valence-electron chi connectivity index (χ2n) is 35.3. The average Bonchev–Trinajstić information content (AvgIpc) is 1.64. The minimum atomic E-state index is -4.49. The van der Waals surface area contributed by atoms with Gasteiger partial charge in [-0.05, 0) is 132 Å². The van der Waals surface area contributed by atoms with Crippen LogP contribution >= 0.6 is 11.6 Å². The number of halogens is 4. The van der Waals surface area contributed by atoms with Gasteiger partial charge in [-0.3, -0.25) is 19.4 Å². The Bertz CT molecular complexity index is 7520. The summed E-state index contributed by atoms with van der Waals surface area (Å²) in [6.45, 7) is 34.5. The zero-order chi connectivity index (χ0) is 106. The first-order valence-corrected chi connectivity index (χ1v) is 48.0. The van der Waals surface area contributed by atoms with Gasteiger partial charge in [-0.15, -0.1) is 96.3 Å². The van der Waals surface area contributed by atoms with Gasteiger partial charge in [0.25, 0.3) is 11.7 Å². The minimum absolute atomic E-state index is 0.0509. The summed E-state index contributed by atoms with van der Waals surface area (Å²) in [5.41, 5.74) is 17.7. The molecule has 0 saturated carbocycles. The van der Waals surface area contributed by atoms with Crippen LogP contribution < -0.4 is 10.5 Å². The number of esters is 1. The van der Waals surface area contributed by atoms with Crippen molar-refractivity contribution in [2.75, 3.05) is 38.9 Å². The molecule has 11 aliphatic heterocycles. The van der Waals surface area contributed by atoms with E-state index >= 15 is 0 Å². The van der Waals surface area contributed by atoms with Crippen molar-refractivity contribution >= 4 is 98.1 Å². The number of ether oxygens (including phenoxy) is 2. The van der Waals surface area contributed by atoms with Crippen molar-refractivity contribution in [3.63, 3.8) is 0 Å². The van der Waals surface area contributed by atoms with Crippen molar-refractivity contribution < 1.29 is 41.9 Å². The molecule has 0 fully saturated rings. The number of hydroxylamine groups is 1. The number of hydrogen-bond donors (Lipinski definition) is 1. The van der Waals surface area contributed by atoms with E-state index in [1.54, 1.807) is 55.4 Å². The van der Waals surface area contributed by atoms with Gasteiger partial charge in [0.1, 0.15) is 18.7 Å². The molecule has 4 aromatic carbocycles. The molecule has 0 unspecified atom stereocenters. The van der Waals surface area contributed by atoms with Crippen LogP contribution in [0.25, 0.3) is 22.9 Å². The number of amides is 2. The summed E-state index contributed by atoms with van der Waals surface area (Å²) in [4.78, 5) is 54.9. The van der Waals surface area contributed by atoms with E-state index in [9.17, 15) is 27.6 Å². The highest BCUT2D eigenvalue weighted by molar-refractivity contribution is 6.41. The van der Waals surface area contributed by atoms with Crippen LogP contribution in [0.2, 0.25) is 5.02 Å². The zero-order valence-electron chi connectivity index (χ0n) is 85.6. The number of anilines is 1. The van der Waals surface area contributed by atoms with Crippen LogP contribution in [0.15, 0.2) is 190 Å². The predicted molar refractivity (Wildman–Crippen MR) is 549 cm³/mol. The van der Waals surface area contributed by atoms with Crippen LogP contribution in [-0.2, 0) is 92.7 Å². The number of fused-ring (bicyclic) bond motifs is 9. The molecule has 0 atom stereocenters. The van der Waals surface area contributed by atoms with Crippen molar-refractivity contribution in [1.29, 1.82) is 0 Å². The van der Waals surface area contributed by atoms with Gasteiger partial charge in [0.15, 0.2) is 98.9 Å². The Morgan fingerprint density at radius 2 is 0.893 bits per heavy atom. The summed E-state index contributed by atoms with van der Waals surface area (Å²) in [5, 5.41) is 113. The fraction of sp³-hybridized carbons (Fsp3) is 0.371. The molecule has 2 amide bonds. The van der Waals surface area contributed by atoms with E-state index in [2.05, 4.69) is 222 Å². The van der Waals surface area contributed by atoms with Gasteiger partial charge in [0.05, 0.1) is 61.7 Å². The maximum absolute atomic E-state index is 12.2. The Balaban J connectivity index is 0.000000123. The summed E-state index contributed by atoms with van der Waals surface area (Å²) in [5.74, 6) is 13.7. The van der Waals surface area contributed by atoms with Crippen LogP contribution in [0.3, 0.4) is 0 Å². The van der Waals surface area contributed by atoms with E-state index in [0.717, 1.165) is 216 Å². The lowest BCUT2D eigenvalue weighted by Gasteiger charge is -2.09. The number of hydrogen-bond acceptors (Lipinski definition) is 37. The Labute approximate surface area is 857 Å². The van der Waals surface area contributed by atoms with Crippen molar-refractivity contribution in [3.8, 4) is 22.9 Å². The van der Waals surface area contributed by atoms with E-state index in [-0.39, 0.29) is 36.2 Å². The van der Waals surface area contributed by atoms with E-state index in [1.807, 2.05) is 182 Å². The topological polar surface area (TPSA) is 523 Å². The fourth-order valence-corrected chi connectivity index (χ4v) is 15.5. The Hall–Kier alpha value is -17.1. The summed E-state index contributed by atoms with van der Waals surface area (Å²) in [6, 6.07) is 41.1.